The Hall–Kier alpha value is -0.350. The minimum atomic E-state index is -3.46. The van der Waals surface area contributed by atoms with E-state index in [2.05, 4.69) is 4.99 Å². The molecule has 5 nitrogen and oxygen atoms in total. The molecule has 2 aliphatic heterocycles. The molecule has 2 rings (SSSR count). The number of allylic oxidation sites excluding steroid dienone is 1. The number of nitrogens with zero attached hydrogens (tertiary/aromatic N) is 2. The first-order chi connectivity index (χ1) is 9.09. The van der Waals surface area contributed by atoms with Gasteiger partial charge < -0.3 is 4.52 Å². The highest BCUT2D eigenvalue weighted by Crippen LogP contribution is 2.66. The van der Waals surface area contributed by atoms with E-state index in [0.717, 1.165) is 0 Å². The molecule has 2 aliphatic rings. The van der Waals surface area contributed by atoms with Crippen LogP contribution in [0.3, 0.4) is 0 Å². The fourth-order valence-electron chi connectivity index (χ4n) is 2.27. The van der Waals surface area contributed by atoms with Gasteiger partial charge in [-0.1, -0.05) is 0 Å². The third-order valence-corrected chi connectivity index (χ3v) is 6.68. The van der Waals surface area contributed by atoms with Gasteiger partial charge in [0.25, 0.3) is 0 Å². The highest BCUT2D eigenvalue weighted by Gasteiger charge is 2.55. The largest absolute Gasteiger partial charge is 0.329 e. The van der Waals surface area contributed by atoms with Crippen molar-refractivity contribution >= 4 is 42.8 Å². The fourth-order valence-corrected chi connectivity index (χ4v) is 5.73. The standard InChI is InChI=1S/C11H15Cl2N2O3P/c12-5-4-11(3-1-6-14-11)19(17)15(10(16)9-13)7-2-8-18-19/h1,3,6H,2,4-5,7-9H2. The van der Waals surface area contributed by atoms with Gasteiger partial charge in [-0.15, -0.1) is 23.2 Å². The van der Waals surface area contributed by atoms with Gasteiger partial charge in [0.1, 0.15) is 5.88 Å². The van der Waals surface area contributed by atoms with Crippen molar-refractivity contribution in [1.29, 1.82) is 0 Å². The van der Waals surface area contributed by atoms with Gasteiger partial charge in [-0.05, 0) is 18.6 Å². The second kappa shape index (κ2) is 5.96. The summed E-state index contributed by atoms with van der Waals surface area (Å²) in [5, 5.41) is -1.06. The SMILES string of the molecule is O=C(CCl)N1CCCOP1(=O)C1(CCCl)C=CC=N1. The Morgan fingerprint density at radius 3 is 2.89 bits per heavy atom. The van der Waals surface area contributed by atoms with Crippen LogP contribution in [0.25, 0.3) is 0 Å². The maximum atomic E-state index is 13.3. The first-order valence-corrected chi connectivity index (χ1v) is 8.65. The molecule has 106 valence electrons. The van der Waals surface area contributed by atoms with Crippen LogP contribution < -0.4 is 0 Å². The summed E-state index contributed by atoms with van der Waals surface area (Å²) in [6, 6.07) is 0. The average molecular weight is 325 g/mol. The van der Waals surface area contributed by atoms with Gasteiger partial charge in [-0.2, -0.15) is 0 Å². The van der Waals surface area contributed by atoms with Crippen LogP contribution >= 0.6 is 30.7 Å². The normalized spacial score (nSPS) is 33.9. The first-order valence-electron chi connectivity index (χ1n) is 6.00. The molecule has 0 spiro atoms. The molecule has 1 saturated heterocycles. The zero-order chi connectivity index (χ0) is 13.9. The second-order valence-corrected chi connectivity index (χ2v) is 7.51. The van der Waals surface area contributed by atoms with Crippen LogP contribution in [0.15, 0.2) is 17.1 Å². The van der Waals surface area contributed by atoms with E-state index in [-0.39, 0.29) is 11.8 Å². The molecule has 0 bridgehead atoms. The van der Waals surface area contributed by atoms with Crippen molar-refractivity contribution in [2.45, 2.75) is 18.1 Å². The Labute approximate surface area is 122 Å². The van der Waals surface area contributed by atoms with E-state index in [1.165, 1.54) is 4.67 Å². The smallest absolute Gasteiger partial charge is 0.311 e. The number of amides is 1. The van der Waals surface area contributed by atoms with Crippen LogP contribution in [0.2, 0.25) is 0 Å². The van der Waals surface area contributed by atoms with Crippen LogP contribution in [0, 0.1) is 0 Å². The molecular weight excluding hydrogens is 310 g/mol. The summed E-state index contributed by atoms with van der Waals surface area (Å²) in [4.78, 5) is 16.2. The van der Waals surface area contributed by atoms with Gasteiger partial charge in [0, 0.05) is 25.1 Å². The van der Waals surface area contributed by atoms with Crippen LogP contribution in [-0.4, -0.2) is 47.0 Å². The van der Waals surface area contributed by atoms with Crippen molar-refractivity contribution in [1.82, 2.24) is 4.67 Å². The van der Waals surface area contributed by atoms with Crippen LogP contribution in [0.1, 0.15) is 12.8 Å². The summed E-state index contributed by atoms with van der Waals surface area (Å²) < 4.78 is 20.1. The molecule has 0 aromatic carbocycles. The summed E-state index contributed by atoms with van der Waals surface area (Å²) in [7, 11) is -3.46. The summed E-state index contributed by atoms with van der Waals surface area (Å²) in [5.41, 5.74) is 0. The fraction of sp³-hybridized carbons (Fsp3) is 0.636. The van der Waals surface area contributed by atoms with E-state index >= 15 is 0 Å². The highest BCUT2D eigenvalue weighted by molar-refractivity contribution is 7.59. The number of rotatable bonds is 4. The highest BCUT2D eigenvalue weighted by atomic mass is 35.5. The maximum Gasteiger partial charge on any atom is 0.329 e. The van der Waals surface area contributed by atoms with Crippen LogP contribution in [0.5, 0.6) is 0 Å². The molecule has 1 amide bonds. The predicted molar refractivity (Wildman–Crippen MR) is 76.3 cm³/mol. The van der Waals surface area contributed by atoms with Gasteiger partial charge >= 0.3 is 7.52 Å². The zero-order valence-corrected chi connectivity index (χ0v) is 12.7. The van der Waals surface area contributed by atoms with Crippen molar-refractivity contribution in [3.63, 3.8) is 0 Å². The Balaban J connectivity index is 2.41. The lowest BCUT2D eigenvalue weighted by Gasteiger charge is -2.42. The van der Waals surface area contributed by atoms with Gasteiger partial charge in [-0.25, -0.2) is 0 Å². The van der Waals surface area contributed by atoms with Crippen molar-refractivity contribution in [2.24, 2.45) is 4.99 Å². The molecule has 2 unspecified atom stereocenters. The summed E-state index contributed by atoms with van der Waals surface area (Å²) >= 11 is 11.4. The molecule has 1 fully saturated rings. The van der Waals surface area contributed by atoms with Gasteiger partial charge in [0.2, 0.25) is 5.91 Å². The first kappa shape index (κ1) is 15.0. The Kier molecular flexibility index (Phi) is 4.72. The van der Waals surface area contributed by atoms with E-state index < -0.39 is 18.7 Å². The van der Waals surface area contributed by atoms with E-state index in [1.807, 2.05) is 0 Å². The van der Waals surface area contributed by atoms with Crippen LogP contribution in [-0.2, 0) is 13.9 Å². The summed E-state index contributed by atoms with van der Waals surface area (Å²) in [6.45, 7) is 0.715. The molecule has 0 aromatic rings. The van der Waals surface area contributed by atoms with E-state index in [4.69, 9.17) is 27.7 Å². The molecule has 2 atom stereocenters. The monoisotopic (exact) mass is 324 g/mol. The quantitative estimate of drug-likeness (QED) is 0.590. The number of hydrogen-bond acceptors (Lipinski definition) is 4. The number of aliphatic imine (C=N–C) groups is 1. The minimum Gasteiger partial charge on any atom is -0.311 e. The lowest BCUT2D eigenvalue weighted by atomic mass is 10.2. The van der Waals surface area contributed by atoms with Crippen molar-refractivity contribution in [3.8, 4) is 0 Å². The van der Waals surface area contributed by atoms with Crippen molar-refractivity contribution < 1.29 is 13.9 Å². The summed E-state index contributed by atoms with van der Waals surface area (Å²) in [5.74, 6) is -0.343. The van der Waals surface area contributed by atoms with Crippen molar-refractivity contribution in [2.75, 3.05) is 24.9 Å². The minimum absolute atomic E-state index is 0.224. The topological polar surface area (TPSA) is 59.0 Å². The Morgan fingerprint density at radius 1 is 1.53 bits per heavy atom. The molecule has 0 N–H and O–H groups in total. The number of hydrogen-bond donors (Lipinski definition) is 0. The number of halogens is 2. The van der Waals surface area contributed by atoms with E-state index in [9.17, 15) is 9.36 Å². The molecule has 8 heteroatoms. The Bertz CT molecular complexity index is 455. The van der Waals surface area contributed by atoms with Crippen molar-refractivity contribution in [3.05, 3.63) is 12.2 Å². The second-order valence-electron chi connectivity index (χ2n) is 4.31. The number of carbonyl (C=O) groups is 1. The number of alkyl halides is 2. The maximum absolute atomic E-state index is 13.3. The molecule has 0 aliphatic carbocycles. The molecule has 2 heterocycles. The van der Waals surface area contributed by atoms with E-state index in [0.29, 0.717) is 26.0 Å². The molecule has 19 heavy (non-hydrogen) atoms. The third-order valence-electron chi connectivity index (χ3n) is 3.20. The predicted octanol–water partition coefficient (Wildman–Crippen LogP) is 2.63. The molecule has 0 aromatic heterocycles. The van der Waals surface area contributed by atoms with Gasteiger partial charge in [0.15, 0.2) is 5.28 Å². The average Bonchev–Trinajstić information content (AvgIpc) is 2.89. The lowest BCUT2D eigenvalue weighted by Crippen LogP contribution is -2.42. The Morgan fingerprint density at radius 2 is 2.32 bits per heavy atom. The summed E-state index contributed by atoms with van der Waals surface area (Å²) in [6.07, 6.45) is 5.96. The molecule has 0 radical (unpaired) electrons. The van der Waals surface area contributed by atoms with E-state index in [1.54, 1.807) is 18.4 Å². The van der Waals surface area contributed by atoms with Crippen LogP contribution in [0.4, 0.5) is 0 Å². The zero-order valence-electron chi connectivity index (χ0n) is 10.3. The molecule has 0 saturated carbocycles. The third kappa shape index (κ3) is 2.49. The lowest BCUT2D eigenvalue weighted by molar-refractivity contribution is -0.125. The molecular formula is C11H15Cl2N2O3P. The number of carbonyl (C=O) groups excluding carboxylic acids is 1. The van der Waals surface area contributed by atoms with Gasteiger partial charge in [0.05, 0.1) is 6.61 Å². The van der Waals surface area contributed by atoms with Gasteiger partial charge in [-0.3, -0.25) is 19.0 Å².